The molecule has 2 atom stereocenters. The zero-order chi connectivity index (χ0) is 14.3. The number of nitriles is 1. The van der Waals surface area contributed by atoms with Crippen molar-refractivity contribution in [3.63, 3.8) is 0 Å². The maximum atomic E-state index is 9.54. The van der Waals surface area contributed by atoms with Crippen LogP contribution in [0.3, 0.4) is 0 Å². The van der Waals surface area contributed by atoms with Crippen LogP contribution in [0, 0.1) is 16.7 Å². The van der Waals surface area contributed by atoms with E-state index in [1.165, 1.54) is 5.56 Å². The molecule has 0 saturated heterocycles. The van der Waals surface area contributed by atoms with Crippen molar-refractivity contribution in [2.45, 2.75) is 51.6 Å². The first-order valence-electron chi connectivity index (χ1n) is 6.65. The number of hydrogen-bond acceptors (Lipinski definition) is 2. The third-order valence-corrected chi connectivity index (χ3v) is 4.10. The van der Waals surface area contributed by atoms with Crippen LogP contribution in [0.2, 0.25) is 5.02 Å². The summed E-state index contributed by atoms with van der Waals surface area (Å²) in [6.07, 6.45) is 1.80. The molecule has 1 saturated carbocycles. The fraction of sp³-hybridized carbons (Fsp3) is 0.562. The Bertz CT molecular complexity index is 509. The minimum absolute atomic E-state index is 0.00284. The zero-order valence-corrected chi connectivity index (χ0v) is 12.8. The Morgan fingerprint density at radius 2 is 1.89 bits per heavy atom. The van der Waals surface area contributed by atoms with Crippen LogP contribution in [0.5, 0.6) is 0 Å². The number of nitrogens with one attached hydrogen (secondary N) is 1. The smallest absolute Gasteiger partial charge is 0.113 e. The van der Waals surface area contributed by atoms with Crippen LogP contribution in [0.1, 0.15) is 39.7 Å². The first-order valence-corrected chi connectivity index (χ1v) is 7.03. The lowest BCUT2D eigenvalue weighted by Gasteiger charge is -2.28. The van der Waals surface area contributed by atoms with Gasteiger partial charge in [-0.1, -0.05) is 30.7 Å². The summed E-state index contributed by atoms with van der Waals surface area (Å²) in [5, 5.41) is 13.8. The summed E-state index contributed by atoms with van der Waals surface area (Å²) in [5.41, 5.74) is 0.793. The number of rotatable bonds is 3. The van der Waals surface area contributed by atoms with Crippen molar-refractivity contribution in [2.24, 2.45) is 5.41 Å². The van der Waals surface area contributed by atoms with Crippen molar-refractivity contribution < 1.29 is 0 Å². The summed E-state index contributed by atoms with van der Waals surface area (Å²) in [5.74, 6) is 0. The van der Waals surface area contributed by atoms with Gasteiger partial charge < -0.3 is 0 Å². The molecule has 1 aliphatic carbocycles. The van der Waals surface area contributed by atoms with Gasteiger partial charge in [-0.15, -0.1) is 0 Å². The van der Waals surface area contributed by atoms with Gasteiger partial charge in [0.25, 0.3) is 0 Å². The second-order valence-electron chi connectivity index (χ2n) is 6.93. The molecule has 2 rings (SSSR count). The molecule has 0 aliphatic heterocycles. The highest BCUT2D eigenvalue weighted by Gasteiger charge is 2.65. The molecule has 19 heavy (non-hydrogen) atoms. The van der Waals surface area contributed by atoms with E-state index < -0.39 is 5.54 Å². The van der Waals surface area contributed by atoms with Crippen molar-refractivity contribution in [2.75, 3.05) is 0 Å². The molecule has 1 aromatic carbocycles. The lowest BCUT2D eigenvalue weighted by Crippen LogP contribution is -2.47. The monoisotopic (exact) mass is 276 g/mol. The lowest BCUT2D eigenvalue weighted by atomic mass is 9.92. The molecule has 0 aromatic heterocycles. The van der Waals surface area contributed by atoms with Crippen LogP contribution in [-0.4, -0.2) is 11.1 Å². The van der Waals surface area contributed by atoms with E-state index in [0.29, 0.717) is 0 Å². The summed E-state index contributed by atoms with van der Waals surface area (Å²) < 4.78 is 0. The molecule has 1 aromatic rings. The van der Waals surface area contributed by atoms with Gasteiger partial charge in [-0.3, -0.25) is 5.32 Å². The Morgan fingerprint density at radius 3 is 2.37 bits per heavy atom. The normalized spacial score (nSPS) is 29.9. The Hall–Kier alpha value is -1.04. The average Bonchev–Trinajstić information content (AvgIpc) is 2.84. The Morgan fingerprint density at radius 1 is 1.32 bits per heavy atom. The average molecular weight is 277 g/mol. The van der Waals surface area contributed by atoms with Gasteiger partial charge in [-0.25, -0.2) is 0 Å². The molecule has 0 spiro atoms. The Labute approximate surface area is 120 Å². The first kappa shape index (κ1) is 14.4. The molecule has 2 nitrogen and oxygen atoms in total. The quantitative estimate of drug-likeness (QED) is 0.908. The van der Waals surface area contributed by atoms with Crippen LogP contribution in [0.15, 0.2) is 24.3 Å². The van der Waals surface area contributed by atoms with E-state index in [1.807, 2.05) is 24.3 Å². The topological polar surface area (TPSA) is 35.8 Å². The molecule has 0 radical (unpaired) electrons. The molecular formula is C16H21ClN2. The van der Waals surface area contributed by atoms with E-state index in [-0.39, 0.29) is 11.0 Å². The zero-order valence-electron chi connectivity index (χ0n) is 12.0. The van der Waals surface area contributed by atoms with Crippen molar-refractivity contribution in [1.82, 2.24) is 5.32 Å². The molecule has 1 aliphatic rings. The second kappa shape index (κ2) is 4.51. The second-order valence-corrected chi connectivity index (χ2v) is 7.37. The molecular weight excluding hydrogens is 256 g/mol. The largest absolute Gasteiger partial charge is 0.294 e. The van der Waals surface area contributed by atoms with E-state index in [9.17, 15) is 5.26 Å². The SMILES string of the molecule is CC(C)(C)N[C@@]1(C#N)C[C@@]1(C)Cc1ccc(Cl)cc1. The summed E-state index contributed by atoms with van der Waals surface area (Å²) in [7, 11) is 0. The van der Waals surface area contributed by atoms with Crippen LogP contribution in [0.4, 0.5) is 0 Å². The molecule has 3 heteroatoms. The van der Waals surface area contributed by atoms with Crippen LogP contribution in [-0.2, 0) is 6.42 Å². The Balaban J connectivity index is 2.13. The fourth-order valence-corrected chi connectivity index (χ4v) is 2.97. The van der Waals surface area contributed by atoms with E-state index in [0.717, 1.165) is 17.9 Å². The van der Waals surface area contributed by atoms with Gasteiger partial charge in [0.2, 0.25) is 0 Å². The van der Waals surface area contributed by atoms with E-state index in [1.54, 1.807) is 0 Å². The minimum atomic E-state index is -0.398. The van der Waals surface area contributed by atoms with Crippen molar-refractivity contribution in [3.8, 4) is 6.07 Å². The highest BCUT2D eigenvalue weighted by atomic mass is 35.5. The summed E-state index contributed by atoms with van der Waals surface area (Å²) >= 11 is 5.90. The van der Waals surface area contributed by atoms with Gasteiger partial charge in [-0.05, 0) is 51.3 Å². The predicted octanol–water partition coefficient (Wildman–Crippen LogP) is 3.94. The number of halogens is 1. The molecule has 1 N–H and O–H groups in total. The van der Waals surface area contributed by atoms with Crippen molar-refractivity contribution >= 4 is 11.6 Å². The van der Waals surface area contributed by atoms with E-state index >= 15 is 0 Å². The van der Waals surface area contributed by atoms with Gasteiger partial charge in [0.15, 0.2) is 0 Å². The predicted molar refractivity (Wildman–Crippen MR) is 79.1 cm³/mol. The number of benzene rings is 1. The molecule has 0 heterocycles. The first-order chi connectivity index (χ1) is 8.70. The summed E-state index contributed by atoms with van der Waals surface area (Å²) in [6.45, 7) is 8.50. The van der Waals surface area contributed by atoms with Gasteiger partial charge in [0, 0.05) is 16.0 Å². The van der Waals surface area contributed by atoms with E-state index in [4.69, 9.17) is 11.6 Å². The van der Waals surface area contributed by atoms with Crippen molar-refractivity contribution in [1.29, 1.82) is 5.26 Å². The van der Waals surface area contributed by atoms with E-state index in [2.05, 4.69) is 39.1 Å². The maximum Gasteiger partial charge on any atom is 0.113 e. The Kier molecular flexibility index (Phi) is 3.41. The molecule has 1 fully saturated rings. The van der Waals surface area contributed by atoms with Gasteiger partial charge in [0.05, 0.1) is 6.07 Å². The van der Waals surface area contributed by atoms with Crippen LogP contribution in [0.25, 0.3) is 0 Å². The van der Waals surface area contributed by atoms with Crippen LogP contribution >= 0.6 is 11.6 Å². The fourth-order valence-electron chi connectivity index (χ4n) is 2.84. The minimum Gasteiger partial charge on any atom is -0.294 e. The highest BCUT2D eigenvalue weighted by molar-refractivity contribution is 6.30. The van der Waals surface area contributed by atoms with Gasteiger partial charge in [0.1, 0.15) is 5.54 Å². The number of hydrogen-bond donors (Lipinski definition) is 1. The number of nitrogens with zero attached hydrogens (tertiary/aromatic N) is 1. The van der Waals surface area contributed by atoms with Crippen molar-refractivity contribution in [3.05, 3.63) is 34.9 Å². The third-order valence-electron chi connectivity index (χ3n) is 3.85. The summed E-state index contributed by atoms with van der Waals surface area (Å²) in [4.78, 5) is 0. The summed E-state index contributed by atoms with van der Waals surface area (Å²) in [6, 6.07) is 10.4. The highest BCUT2D eigenvalue weighted by Crippen LogP contribution is 2.58. The van der Waals surface area contributed by atoms with Crippen LogP contribution < -0.4 is 5.32 Å². The standard InChI is InChI=1S/C16H21ClN2/c1-14(2,3)19-16(11-18)10-15(16,4)9-12-5-7-13(17)8-6-12/h5-8,19H,9-10H2,1-4H3/t15-,16-/m1/s1. The third kappa shape index (κ3) is 2.94. The van der Waals surface area contributed by atoms with Gasteiger partial charge in [-0.2, -0.15) is 5.26 Å². The molecule has 102 valence electrons. The van der Waals surface area contributed by atoms with Gasteiger partial charge >= 0.3 is 0 Å². The maximum absolute atomic E-state index is 9.54. The lowest BCUT2D eigenvalue weighted by molar-refractivity contribution is 0.334. The molecule has 0 bridgehead atoms. The molecule has 0 amide bonds. The molecule has 0 unspecified atom stereocenters.